The summed E-state index contributed by atoms with van der Waals surface area (Å²) in [7, 11) is 0. The van der Waals surface area contributed by atoms with Crippen LogP contribution in [0.25, 0.3) is 0 Å². The van der Waals surface area contributed by atoms with Crippen LogP contribution in [0.15, 0.2) is 17.1 Å². The number of hydrogen-bond donors (Lipinski definition) is 2. The SMILES string of the molecule is CC(C)(C)OC(=O)Nc1cc(I)c[nH]c1=O. The quantitative estimate of drug-likeness (QED) is 0.774. The van der Waals surface area contributed by atoms with E-state index in [2.05, 4.69) is 10.3 Å². The summed E-state index contributed by atoms with van der Waals surface area (Å²) in [6.07, 6.45) is 0.920. The smallest absolute Gasteiger partial charge is 0.412 e. The Morgan fingerprint density at radius 1 is 1.50 bits per heavy atom. The third-order valence-electron chi connectivity index (χ3n) is 1.50. The minimum Gasteiger partial charge on any atom is -0.444 e. The van der Waals surface area contributed by atoms with E-state index in [1.807, 2.05) is 22.6 Å². The second kappa shape index (κ2) is 4.86. The van der Waals surface area contributed by atoms with Crippen LogP contribution in [0.2, 0.25) is 0 Å². The topological polar surface area (TPSA) is 71.2 Å². The summed E-state index contributed by atoms with van der Waals surface area (Å²) in [5.41, 5.74) is -0.758. The highest BCUT2D eigenvalue weighted by molar-refractivity contribution is 14.1. The number of ether oxygens (including phenoxy) is 1. The van der Waals surface area contributed by atoms with Gasteiger partial charge in [0, 0.05) is 9.77 Å². The third-order valence-corrected chi connectivity index (χ3v) is 2.13. The molecule has 0 aliphatic carbocycles. The number of aromatic amines is 1. The lowest BCUT2D eigenvalue weighted by Crippen LogP contribution is -2.29. The van der Waals surface area contributed by atoms with Gasteiger partial charge in [-0.25, -0.2) is 4.79 Å². The molecule has 1 aromatic rings. The average molecular weight is 336 g/mol. The van der Waals surface area contributed by atoms with E-state index >= 15 is 0 Å². The highest BCUT2D eigenvalue weighted by Gasteiger charge is 2.17. The van der Waals surface area contributed by atoms with Gasteiger partial charge in [0.2, 0.25) is 0 Å². The maximum Gasteiger partial charge on any atom is 0.412 e. The minimum absolute atomic E-state index is 0.182. The van der Waals surface area contributed by atoms with Crippen molar-refractivity contribution in [3.63, 3.8) is 0 Å². The Kier molecular flexibility index (Phi) is 3.95. The van der Waals surface area contributed by atoms with Crippen molar-refractivity contribution in [2.45, 2.75) is 26.4 Å². The lowest BCUT2D eigenvalue weighted by atomic mass is 10.2. The monoisotopic (exact) mass is 336 g/mol. The summed E-state index contributed by atoms with van der Waals surface area (Å²) in [4.78, 5) is 25.2. The van der Waals surface area contributed by atoms with Crippen LogP contribution >= 0.6 is 22.6 Å². The Morgan fingerprint density at radius 2 is 2.12 bits per heavy atom. The predicted molar refractivity (Wildman–Crippen MR) is 69.6 cm³/mol. The first-order valence-electron chi connectivity index (χ1n) is 4.66. The first-order valence-corrected chi connectivity index (χ1v) is 5.74. The first-order chi connectivity index (χ1) is 7.28. The largest absolute Gasteiger partial charge is 0.444 e. The van der Waals surface area contributed by atoms with Gasteiger partial charge in [-0.2, -0.15) is 0 Å². The number of aromatic nitrogens is 1. The normalized spacial score (nSPS) is 11.0. The molecule has 0 bridgehead atoms. The molecule has 0 aromatic carbocycles. The van der Waals surface area contributed by atoms with Crippen LogP contribution in [0, 0.1) is 3.57 Å². The van der Waals surface area contributed by atoms with Gasteiger partial charge in [0.1, 0.15) is 11.3 Å². The molecule has 2 N–H and O–H groups in total. The lowest BCUT2D eigenvalue weighted by Gasteiger charge is -2.19. The number of hydrogen-bond acceptors (Lipinski definition) is 3. The van der Waals surface area contributed by atoms with Gasteiger partial charge >= 0.3 is 6.09 Å². The van der Waals surface area contributed by atoms with E-state index in [0.29, 0.717) is 0 Å². The molecule has 0 unspecified atom stereocenters. The molecular weight excluding hydrogens is 323 g/mol. The number of H-pyrrole nitrogens is 1. The Labute approximate surface area is 107 Å². The molecule has 0 saturated heterocycles. The second-order valence-electron chi connectivity index (χ2n) is 4.19. The van der Waals surface area contributed by atoms with Crippen LogP contribution in [-0.4, -0.2) is 16.7 Å². The Balaban J connectivity index is 2.77. The molecule has 0 aliphatic rings. The zero-order valence-electron chi connectivity index (χ0n) is 9.26. The van der Waals surface area contributed by atoms with E-state index in [1.54, 1.807) is 33.0 Å². The van der Waals surface area contributed by atoms with Crippen molar-refractivity contribution in [2.75, 3.05) is 5.32 Å². The number of anilines is 1. The minimum atomic E-state index is -0.639. The highest BCUT2D eigenvalue weighted by atomic mass is 127. The molecule has 1 rings (SSSR count). The zero-order chi connectivity index (χ0) is 12.3. The molecular formula is C10H13IN2O3. The van der Waals surface area contributed by atoms with Gasteiger partial charge in [-0.1, -0.05) is 0 Å². The molecule has 5 nitrogen and oxygen atoms in total. The van der Waals surface area contributed by atoms with Crippen molar-refractivity contribution < 1.29 is 9.53 Å². The molecule has 0 aliphatic heterocycles. The van der Waals surface area contributed by atoms with Crippen molar-refractivity contribution in [2.24, 2.45) is 0 Å². The number of carbonyl (C=O) groups excluding carboxylic acids is 1. The Morgan fingerprint density at radius 3 is 2.69 bits per heavy atom. The van der Waals surface area contributed by atoms with Gasteiger partial charge in [0.25, 0.3) is 5.56 Å². The van der Waals surface area contributed by atoms with Gasteiger partial charge in [0.15, 0.2) is 0 Å². The third kappa shape index (κ3) is 4.21. The number of pyridine rings is 1. The summed E-state index contributed by atoms with van der Waals surface area (Å²) < 4.78 is 5.85. The van der Waals surface area contributed by atoms with E-state index in [4.69, 9.17) is 4.74 Å². The van der Waals surface area contributed by atoms with E-state index in [0.717, 1.165) is 3.57 Å². The summed E-state index contributed by atoms with van der Waals surface area (Å²) in [5.74, 6) is 0. The Hall–Kier alpha value is -1.05. The fourth-order valence-corrected chi connectivity index (χ4v) is 1.43. The fraction of sp³-hybridized carbons (Fsp3) is 0.400. The first kappa shape index (κ1) is 13.0. The van der Waals surface area contributed by atoms with E-state index in [-0.39, 0.29) is 11.2 Å². The van der Waals surface area contributed by atoms with Crippen LogP contribution in [0.5, 0.6) is 0 Å². The highest BCUT2D eigenvalue weighted by Crippen LogP contribution is 2.10. The van der Waals surface area contributed by atoms with E-state index < -0.39 is 11.7 Å². The van der Waals surface area contributed by atoms with Crippen molar-refractivity contribution in [1.82, 2.24) is 4.98 Å². The van der Waals surface area contributed by atoms with Gasteiger partial charge in [-0.05, 0) is 49.4 Å². The van der Waals surface area contributed by atoms with Crippen molar-refractivity contribution in [3.8, 4) is 0 Å². The van der Waals surface area contributed by atoms with Crippen LogP contribution in [-0.2, 0) is 4.74 Å². The van der Waals surface area contributed by atoms with Crippen molar-refractivity contribution >= 4 is 34.4 Å². The second-order valence-corrected chi connectivity index (χ2v) is 5.43. The fourth-order valence-electron chi connectivity index (χ4n) is 0.964. The molecule has 0 fully saturated rings. The van der Waals surface area contributed by atoms with Gasteiger partial charge in [-0.15, -0.1) is 0 Å². The average Bonchev–Trinajstić information content (AvgIpc) is 2.08. The van der Waals surface area contributed by atoms with E-state index in [9.17, 15) is 9.59 Å². The molecule has 0 atom stereocenters. The van der Waals surface area contributed by atoms with Crippen molar-refractivity contribution in [1.29, 1.82) is 0 Å². The molecule has 16 heavy (non-hydrogen) atoms. The maximum absolute atomic E-state index is 11.4. The van der Waals surface area contributed by atoms with Crippen LogP contribution < -0.4 is 10.9 Å². The summed E-state index contributed by atoms with van der Waals surface area (Å²) >= 11 is 2.03. The number of amides is 1. The summed E-state index contributed by atoms with van der Waals surface area (Å²) in [5, 5.41) is 2.40. The zero-order valence-corrected chi connectivity index (χ0v) is 11.4. The molecule has 1 amide bonds. The number of carbonyl (C=O) groups is 1. The predicted octanol–water partition coefficient (Wildman–Crippen LogP) is 2.33. The van der Waals surface area contributed by atoms with Crippen LogP contribution in [0.1, 0.15) is 20.8 Å². The lowest BCUT2D eigenvalue weighted by molar-refractivity contribution is 0.0635. The standard InChI is InChI=1S/C10H13IN2O3/c1-10(2,3)16-9(15)13-7-4-6(11)5-12-8(7)14/h4-5H,1-3H3,(H,12,14)(H,13,15). The summed E-state index contributed by atoms with van der Waals surface area (Å²) in [6.45, 7) is 5.27. The van der Waals surface area contributed by atoms with Gasteiger partial charge in [0.05, 0.1) is 0 Å². The number of nitrogens with one attached hydrogen (secondary N) is 2. The van der Waals surface area contributed by atoms with Crippen LogP contribution in [0.4, 0.5) is 10.5 Å². The van der Waals surface area contributed by atoms with E-state index in [1.165, 1.54) is 0 Å². The van der Waals surface area contributed by atoms with Crippen molar-refractivity contribution in [3.05, 3.63) is 26.2 Å². The van der Waals surface area contributed by atoms with Gasteiger partial charge in [-0.3, -0.25) is 10.1 Å². The number of halogens is 1. The summed E-state index contributed by atoms with van der Waals surface area (Å²) in [6, 6.07) is 1.57. The maximum atomic E-state index is 11.4. The number of rotatable bonds is 1. The van der Waals surface area contributed by atoms with Gasteiger partial charge < -0.3 is 9.72 Å². The molecule has 0 saturated carbocycles. The molecule has 6 heteroatoms. The molecule has 0 spiro atoms. The molecule has 1 heterocycles. The Bertz CT molecular complexity index is 448. The molecule has 88 valence electrons. The molecule has 0 radical (unpaired) electrons. The molecule has 1 aromatic heterocycles. The van der Waals surface area contributed by atoms with Crippen LogP contribution in [0.3, 0.4) is 0 Å².